The van der Waals surface area contributed by atoms with Gasteiger partial charge >= 0.3 is 0 Å². The van der Waals surface area contributed by atoms with E-state index in [2.05, 4.69) is 104 Å². The van der Waals surface area contributed by atoms with Gasteiger partial charge in [-0.05, 0) is 89.9 Å². The first-order chi connectivity index (χ1) is 48.1. The van der Waals surface area contributed by atoms with E-state index in [0.717, 1.165) is 77.0 Å². The van der Waals surface area contributed by atoms with E-state index < -0.39 is 86.8 Å². The highest BCUT2D eigenvalue weighted by Crippen LogP contribution is 2.30. The number of nitrogens with one attached hydrogen (secondary N) is 1. The topological polar surface area (TPSA) is 228 Å². The molecule has 0 aliphatic carbocycles. The smallest absolute Gasteiger partial charge is 0.220 e. The van der Waals surface area contributed by atoms with Gasteiger partial charge in [0, 0.05) is 6.42 Å². The summed E-state index contributed by atoms with van der Waals surface area (Å²) in [5.41, 5.74) is 0. The molecule has 0 saturated carbocycles. The maximum atomic E-state index is 13.4. The predicted octanol–water partition coefficient (Wildman–Crippen LogP) is 18.5. The molecule has 2 fully saturated rings. The van der Waals surface area contributed by atoms with Crippen molar-refractivity contribution in [2.24, 2.45) is 0 Å². The van der Waals surface area contributed by atoms with Crippen LogP contribution >= 0.6 is 0 Å². The van der Waals surface area contributed by atoms with E-state index in [9.17, 15) is 45.6 Å². The molecule has 9 N–H and O–H groups in total. The molecule has 0 aromatic rings. The van der Waals surface area contributed by atoms with E-state index in [4.69, 9.17) is 18.9 Å². The van der Waals surface area contributed by atoms with E-state index >= 15 is 0 Å². The third-order valence-corrected chi connectivity index (χ3v) is 19.2. The number of carbonyl (C=O) groups excluding carboxylic acids is 1. The second-order valence-electron chi connectivity index (χ2n) is 28.1. The highest BCUT2D eigenvalue weighted by Gasteiger charge is 2.51. The molecule has 2 saturated heterocycles. The molecule has 12 unspecified atom stereocenters. The van der Waals surface area contributed by atoms with Gasteiger partial charge in [0.2, 0.25) is 5.91 Å². The van der Waals surface area contributed by atoms with Gasteiger partial charge in [-0.25, -0.2) is 0 Å². The Labute approximate surface area is 598 Å². The zero-order valence-electron chi connectivity index (χ0n) is 62.3. The predicted molar refractivity (Wildman–Crippen MR) is 406 cm³/mol. The molecule has 0 aromatic carbocycles. The lowest BCUT2D eigenvalue weighted by atomic mass is 9.97. The van der Waals surface area contributed by atoms with Crippen LogP contribution in [-0.4, -0.2) is 140 Å². The Morgan fingerprint density at radius 3 is 1.12 bits per heavy atom. The summed E-state index contributed by atoms with van der Waals surface area (Å²) in [4.78, 5) is 13.4. The first kappa shape index (κ1) is 91.0. The summed E-state index contributed by atoms with van der Waals surface area (Å²) >= 11 is 0. The Bertz CT molecular complexity index is 2020. The van der Waals surface area contributed by atoms with E-state index in [1.807, 2.05) is 6.08 Å². The van der Waals surface area contributed by atoms with Crippen molar-refractivity contribution in [1.82, 2.24) is 5.32 Å². The third kappa shape index (κ3) is 49.5. The van der Waals surface area contributed by atoms with Crippen LogP contribution in [-0.2, 0) is 23.7 Å². The van der Waals surface area contributed by atoms with Crippen molar-refractivity contribution in [1.29, 1.82) is 0 Å². The molecule has 2 heterocycles. The summed E-state index contributed by atoms with van der Waals surface area (Å²) in [6.45, 7) is 2.70. The van der Waals surface area contributed by atoms with Crippen molar-refractivity contribution in [3.05, 3.63) is 97.2 Å². The molecular weight excluding hydrogens is 1230 g/mol. The normalized spacial score (nSPS) is 22.6. The van der Waals surface area contributed by atoms with Gasteiger partial charge in [0.05, 0.1) is 32.0 Å². The summed E-state index contributed by atoms with van der Waals surface area (Å²) in [5.74, 6) is -0.253. The van der Waals surface area contributed by atoms with Crippen LogP contribution in [0, 0.1) is 0 Å². The maximum absolute atomic E-state index is 13.4. The molecular formula is C84H149NO13. The minimum atomic E-state index is -1.80. The summed E-state index contributed by atoms with van der Waals surface area (Å²) in [7, 11) is 0. The molecule has 12 atom stereocenters. The summed E-state index contributed by atoms with van der Waals surface area (Å²) in [6.07, 6.45) is 79.2. The number of allylic oxidation sites excluding steroid dienone is 15. The van der Waals surface area contributed by atoms with Gasteiger partial charge < -0.3 is 65.1 Å². The van der Waals surface area contributed by atoms with Gasteiger partial charge in [0.15, 0.2) is 12.6 Å². The van der Waals surface area contributed by atoms with E-state index in [0.29, 0.717) is 12.8 Å². The highest BCUT2D eigenvalue weighted by molar-refractivity contribution is 5.76. The van der Waals surface area contributed by atoms with Gasteiger partial charge in [0.25, 0.3) is 0 Å². The van der Waals surface area contributed by atoms with Crippen LogP contribution in [0.15, 0.2) is 97.2 Å². The van der Waals surface area contributed by atoms with E-state index in [-0.39, 0.29) is 18.9 Å². The molecule has 0 aromatic heterocycles. The molecule has 14 heteroatoms. The zero-order valence-corrected chi connectivity index (χ0v) is 62.3. The quantitative estimate of drug-likeness (QED) is 0.0204. The molecule has 2 aliphatic rings. The average molecular weight is 1380 g/mol. The average Bonchev–Trinajstić information content (AvgIpc) is 0.793. The van der Waals surface area contributed by atoms with Crippen LogP contribution in [0.3, 0.4) is 0 Å². The Morgan fingerprint density at radius 2 is 0.714 bits per heavy atom. The highest BCUT2D eigenvalue weighted by atomic mass is 16.7. The lowest BCUT2D eigenvalue weighted by molar-refractivity contribution is -0.359. The van der Waals surface area contributed by atoms with Crippen molar-refractivity contribution in [2.75, 3.05) is 19.8 Å². The van der Waals surface area contributed by atoms with Gasteiger partial charge in [-0.3, -0.25) is 4.79 Å². The minimum absolute atomic E-state index is 0.253. The van der Waals surface area contributed by atoms with Gasteiger partial charge in [0.1, 0.15) is 48.8 Å². The molecule has 98 heavy (non-hydrogen) atoms. The lowest BCUT2D eigenvalue weighted by Gasteiger charge is -2.46. The SMILES string of the molecule is CC/C=C\C/C=C\C/C=C\C/C=C\C/C=C\CCCCCCCCCCCCCCCCCC(=O)NC(COC1OC(CO)C(OC2OC(CO)C(O)C(O)C2O)C(O)C1O)C(O)/C=C/CC/C=C/CC/C=C/CCCCCCCCCCCCCCCCCCCCCCCCC. The Kier molecular flexibility index (Phi) is 62.3. The van der Waals surface area contributed by atoms with Crippen LogP contribution < -0.4 is 5.32 Å². The largest absolute Gasteiger partial charge is 0.394 e. The van der Waals surface area contributed by atoms with E-state index in [1.54, 1.807) is 6.08 Å². The number of hydrogen-bond acceptors (Lipinski definition) is 13. The first-order valence-electron chi connectivity index (χ1n) is 40.5. The summed E-state index contributed by atoms with van der Waals surface area (Å²) in [6, 6.07) is -0.946. The molecule has 1 amide bonds. The van der Waals surface area contributed by atoms with Gasteiger partial charge in [-0.2, -0.15) is 0 Å². The van der Waals surface area contributed by atoms with Gasteiger partial charge in [-0.15, -0.1) is 0 Å². The Morgan fingerprint density at radius 1 is 0.378 bits per heavy atom. The van der Waals surface area contributed by atoms with Crippen LogP contribution in [0.25, 0.3) is 0 Å². The number of unbranched alkanes of at least 4 members (excludes halogenated alkanes) is 40. The van der Waals surface area contributed by atoms with Crippen LogP contribution in [0.1, 0.15) is 335 Å². The summed E-state index contributed by atoms with van der Waals surface area (Å²) in [5, 5.41) is 87.7. The third-order valence-electron chi connectivity index (χ3n) is 19.2. The Balaban J connectivity index is 1.64. The molecule has 568 valence electrons. The van der Waals surface area contributed by atoms with Crippen molar-refractivity contribution < 1.29 is 64.6 Å². The maximum Gasteiger partial charge on any atom is 0.220 e. The van der Waals surface area contributed by atoms with Crippen molar-refractivity contribution in [3.8, 4) is 0 Å². The molecule has 0 spiro atoms. The van der Waals surface area contributed by atoms with Crippen LogP contribution in [0.2, 0.25) is 0 Å². The number of carbonyl (C=O) groups is 1. The second kappa shape index (κ2) is 67.1. The number of aliphatic hydroxyl groups is 8. The molecule has 2 aliphatic heterocycles. The van der Waals surface area contributed by atoms with E-state index in [1.165, 1.54) is 225 Å². The molecule has 14 nitrogen and oxygen atoms in total. The van der Waals surface area contributed by atoms with Gasteiger partial charge in [-0.1, -0.05) is 336 Å². The molecule has 0 bridgehead atoms. The number of rotatable bonds is 67. The number of ether oxygens (including phenoxy) is 4. The van der Waals surface area contributed by atoms with Crippen LogP contribution in [0.4, 0.5) is 0 Å². The number of hydrogen-bond donors (Lipinski definition) is 9. The number of aliphatic hydroxyl groups excluding tert-OH is 8. The fraction of sp³-hybridized carbons (Fsp3) is 0.798. The van der Waals surface area contributed by atoms with Crippen LogP contribution in [0.5, 0.6) is 0 Å². The second-order valence-corrected chi connectivity index (χ2v) is 28.1. The first-order valence-corrected chi connectivity index (χ1v) is 40.5. The monoisotopic (exact) mass is 1380 g/mol. The van der Waals surface area contributed by atoms with Crippen molar-refractivity contribution in [3.63, 3.8) is 0 Å². The minimum Gasteiger partial charge on any atom is -0.394 e. The zero-order chi connectivity index (χ0) is 70.8. The standard InChI is InChI=1S/C84H149NO13/c1-3-5-7-9-11-13-15-17-19-21-23-25-27-29-31-33-35-36-38-39-41-43-45-47-49-51-53-55-57-59-61-63-65-67-73(88)72(71-95-83-81(94)79(92)82(75(70-87)97-83)98-84-80(93)78(91)77(90)74(69-86)96-84)85-76(89)68-66-64-62-60-58-56-54-52-50-48-46-44-42-40-37-34-32-30-28-26-24-22-20-18-16-14-12-10-8-6-4-2/h6,8,12,14,18,20,24,26,30,32,49,51,57,59,65,67,72-75,77-84,86-88,90-94H,3-5,7,9-11,13,15-17,19,21-23,25,27-29,31,33-48,50,52-56,58,60-64,66,68-71H2,1-2H3,(H,85,89)/b8-6-,14-12-,20-18-,26-24-,32-30-,51-49+,59-57+,67-65+. The molecule has 2 rings (SSSR count). The summed E-state index contributed by atoms with van der Waals surface area (Å²) < 4.78 is 22.9. The fourth-order valence-corrected chi connectivity index (χ4v) is 12.9. The van der Waals surface area contributed by atoms with Crippen molar-refractivity contribution in [2.45, 2.75) is 408 Å². The molecule has 0 radical (unpaired) electrons. The van der Waals surface area contributed by atoms with Crippen molar-refractivity contribution >= 4 is 5.91 Å². The Hall–Kier alpha value is -3.09. The lowest BCUT2D eigenvalue weighted by Crippen LogP contribution is -2.65. The fourth-order valence-electron chi connectivity index (χ4n) is 12.9. The number of amides is 1.